The Kier molecular flexibility index (Phi) is 5.23. The topological polar surface area (TPSA) is 92.5 Å². The van der Waals surface area contributed by atoms with Crippen LogP contribution >= 0.6 is 0 Å². The van der Waals surface area contributed by atoms with E-state index in [0.717, 1.165) is 12.1 Å². The fraction of sp³-hybridized carbons (Fsp3) is 0.500. The van der Waals surface area contributed by atoms with Crippen LogP contribution in [0.2, 0.25) is 0 Å². The smallest absolute Gasteiger partial charge is 0.308 e. The number of carboxylic acid groups (broad SMARTS) is 1. The third kappa shape index (κ3) is 5.37. The van der Waals surface area contributed by atoms with E-state index >= 15 is 0 Å². The monoisotopic (exact) mass is 298 g/mol. The second kappa shape index (κ2) is 6.51. The summed E-state index contributed by atoms with van der Waals surface area (Å²) in [6.07, 6.45) is 0.421. The first-order valence-electron chi connectivity index (χ1n) is 6.51. The number of hydrogen-bond acceptors (Lipinski definition) is 4. The molecule has 7 heteroatoms. The number of hydrogen-bond donors (Lipinski definition) is 2. The molecule has 1 atom stereocenters. The van der Waals surface area contributed by atoms with Crippen molar-refractivity contribution in [2.75, 3.05) is 11.9 Å². The van der Waals surface area contributed by atoms with Gasteiger partial charge in [-0.15, -0.1) is 0 Å². The molecule has 1 aromatic carbocycles. The van der Waals surface area contributed by atoms with Gasteiger partial charge in [0.1, 0.15) is 11.5 Å². The summed E-state index contributed by atoms with van der Waals surface area (Å²) in [5.74, 6) is -2.37. The molecule has 0 bridgehead atoms. The lowest BCUT2D eigenvalue weighted by Crippen LogP contribution is -2.27. The van der Waals surface area contributed by atoms with Crippen molar-refractivity contribution in [2.45, 2.75) is 27.2 Å². The average Bonchev–Trinajstić information content (AvgIpc) is 2.33. The maximum Gasteiger partial charge on any atom is 0.308 e. The van der Waals surface area contributed by atoms with Crippen molar-refractivity contribution >= 4 is 17.3 Å². The minimum absolute atomic E-state index is 0.0407. The van der Waals surface area contributed by atoms with Crippen LogP contribution in [0.1, 0.15) is 27.2 Å². The summed E-state index contributed by atoms with van der Waals surface area (Å²) in [5, 5.41) is 22.8. The number of aliphatic carboxylic acids is 1. The summed E-state index contributed by atoms with van der Waals surface area (Å²) >= 11 is 0. The molecule has 0 aromatic heterocycles. The Morgan fingerprint density at radius 1 is 1.48 bits per heavy atom. The van der Waals surface area contributed by atoms with E-state index in [4.69, 9.17) is 0 Å². The Hall–Kier alpha value is -2.18. The van der Waals surface area contributed by atoms with E-state index in [-0.39, 0.29) is 17.6 Å². The highest BCUT2D eigenvalue weighted by Crippen LogP contribution is 2.28. The van der Waals surface area contributed by atoms with Gasteiger partial charge in [0, 0.05) is 6.54 Å². The maximum atomic E-state index is 13.0. The highest BCUT2D eigenvalue weighted by Gasteiger charge is 2.25. The molecular formula is C14H19FN2O4. The van der Waals surface area contributed by atoms with Gasteiger partial charge in [0.15, 0.2) is 0 Å². The van der Waals surface area contributed by atoms with Crippen molar-refractivity contribution in [1.29, 1.82) is 0 Å². The molecule has 0 saturated heterocycles. The number of halogens is 1. The van der Waals surface area contributed by atoms with Crippen molar-refractivity contribution in [3.8, 4) is 0 Å². The first-order valence-corrected chi connectivity index (χ1v) is 6.51. The van der Waals surface area contributed by atoms with E-state index in [0.29, 0.717) is 6.42 Å². The van der Waals surface area contributed by atoms with Crippen molar-refractivity contribution in [1.82, 2.24) is 0 Å². The highest BCUT2D eigenvalue weighted by molar-refractivity contribution is 5.71. The van der Waals surface area contributed by atoms with Crippen LogP contribution in [-0.4, -0.2) is 22.5 Å². The number of carboxylic acids is 1. The fourth-order valence-corrected chi connectivity index (χ4v) is 2.02. The van der Waals surface area contributed by atoms with Crippen molar-refractivity contribution in [2.24, 2.45) is 11.3 Å². The summed E-state index contributed by atoms with van der Waals surface area (Å²) < 4.78 is 13.0. The molecule has 0 aliphatic carbocycles. The van der Waals surface area contributed by atoms with Gasteiger partial charge in [-0.1, -0.05) is 20.8 Å². The summed E-state index contributed by atoms with van der Waals surface area (Å²) in [7, 11) is 0. The molecular weight excluding hydrogens is 279 g/mol. The van der Waals surface area contributed by atoms with E-state index < -0.39 is 28.3 Å². The second-order valence-corrected chi connectivity index (χ2v) is 6.10. The Balaban J connectivity index is 2.86. The molecule has 0 amide bonds. The van der Waals surface area contributed by atoms with Crippen LogP contribution < -0.4 is 5.32 Å². The Morgan fingerprint density at radius 2 is 2.10 bits per heavy atom. The zero-order valence-electron chi connectivity index (χ0n) is 12.2. The third-order valence-corrected chi connectivity index (χ3v) is 2.90. The number of anilines is 1. The highest BCUT2D eigenvalue weighted by atomic mass is 19.1. The Bertz CT molecular complexity index is 540. The average molecular weight is 298 g/mol. The predicted octanol–water partition coefficient (Wildman–Crippen LogP) is 3.28. The van der Waals surface area contributed by atoms with Gasteiger partial charge < -0.3 is 10.4 Å². The van der Waals surface area contributed by atoms with E-state index in [1.54, 1.807) is 0 Å². The molecule has 1 unspecified atom stereocenters. The fourth-order valence-electron chi connectivity index (χ4n) is 2.02. The number of carbonyl (C=O) groups is 1. The molecule has 1 rings (SSSR count). The Morgan fingerprint density at radius 3 is 2.57 bits per heavy atom. The normalized spacial score (nSPS) is 12.8. The van der Waals surface area contributed by atoms with Gasteiger partial charge in [-0.3, -0.25) is 14.9 Å². The molecule has 0 saturated carbocycles. The van der Waals surface area contributed by atoms with E-state index in [2.05, 4.69) is 5.32 Å². The van der Waals surface area contributed by atoms with Crippen molar-refractivity contribution < 1.29 is 19.2 Å². The summed E-state index contributed by atoms with van der Waals surface area (Å²) in [6, 6.07) is 3.14. The summed E-state index contributed by atoms with van der Waals surface area (Å²) in [4.78, 5) is 21.4. The summed E-state index contributed by atoms with van der Waals surface area (Å²) in [5.41, 5.74) is -0.476. The second-order valence-electron chi connectivity index (χ2n) is 6.10. The van der Waals surface area contributed by atoms with Gasteiger partial charge in [0.05, 0.1) is 16.9 Å². The van der Waals surface area contributed by atoms with Crippen molar-refractivity contribution in [3.05, 3.63) is 34.1 Å². The van der Waals surface area contributed by atoms with Crippen LogP contribution in [0.5, 0.6) is 0 Å². The molecule has 0 heterocycles. The lowest BCUT2D eigenvalue weighted by Gasteiger charge is -2.23. The van der Waals surface area contributed by atoms with Crippen molar-refractivity contribution in [3.63, 3.8) is 0 Å². The predicted molar refractivity (Wildman–Crippen MR) is 76.7 cm³/mol. The number of rotatable bonds is 6. The van der Waals surface area contributed by atoms with Gasteiger partial charge in [-0.05, 0) is 24.0 Å². The molecule has 2 N–H and O–H groups in total. The van der Waals surface area contributed by atoms with E-state index in [1.165, 1.54) is 6.07 Å². The maximum absolute atomic E-state index is 13.0. The Labute approximate surface area is 122 Å². The van der Waals surface area contributed by atoms with Gasteiger partial charge in [-0.25, -0.2) is 4.39 Å². The first-order chi connectivity index (χ1) is 9.60. The molecule has 0 aliphatic rings. The molecule has 0 aliphatic heterocycles. The number of nitro benzene ring substituents is 1. The largest absolute Gasteiger partial charge is 0.481 e. The van der Waals surface area contributed by atoms with Crippen LogP contribution in [-0.2, 0) is 4.79 Å². The minimum Gasteiger partial charge on any atom is -0.481 e. The quantitative estimate of drug-likeness (QED) is 0.621. The lowest BCUT2D eigenvalue weighted by molar-refractivity contribution is -0.384. The molecule has 21 heavy (non-hydrogen) atoms. The van der Waals surface area contributed by atoms with Crippen LogP contribution in [0.3, 0.4) is 0 Å². The number of nitrogens with zero attached hydrogens (tertiary/aromatic N) is 1. The molecule has 6 nitrogen and oxygen atoms in total. The SMILES string of the molecule is CC(C)(C)CC(CNc1ccc(F)cc1[N+](=O)[O-])C(=O)O. The number of nitrogens with one attached hydrogen (secondary N) is 1. The molecule has 116 valence electrons. The van der Waals surface area contributed by atoms with Gasteiger partial charge in [0.2, 0.25) is 0 Å². The third-order valence-electron chi connectivity index (χ3n) is 2.90. The van der Waals surface area contributed by atoms with Crippen LogP contribution in [0.25, 0.3) is 0 Å². The van der Waals surface area contributed by atoms with E-state index in [1.807, 2.05) is 20.8 Å². The van der Waals surface area contributed by atoms with E-state index in [9.17, 15) is 24.4 Å². The van der Waals surface area contributed by atoms with Crippen LogP contribution in [0.15, 0.2) is 18.2 Å². The number of benzene rings is 1. The molecule has 0 fully saturated rings. The molecule has 1 aromatic rings. The summed E-state index contributed by atoms with van der Waals surface area (Å²) in [6.45, 7) is 5.80. The first kappa shape index (κ1) is 16.9. The zero-order chi connectivity index (χ0) is 16.2. The van der Waals surface area contributed by atoms with Gasteiger partial charge in [0.25, 0.3) is 5.69 Å². The minimum atomic E-state index is -0.970. The lowest BCUT2D eigenvalue weighted by atomic mass is 9.84. The van der Waals surface area contributed by atoms with Crippen LogP contribution in [0.4, 0.5) is 15.8 Å². The number of nitro groups is 1. The zero-order valence-corrected chi connectivity index (χ0v) is 12.2. The standard InChI is InChI=1S/C14H19FN2O4/c1-14(2,3)7-9(13(18)19)8-16-11-5-4-10(15)6-12(11)17(20)21/h4-6,9,16H,7-8H2,1-3H3,(H,18,19). The van der Waals surface area contributed by atoms with Gasteiger partial charge >= 0.3 is 5.97 Å². The van der Waals surface area contributed by atoms with Crippen LogP contribution in [0, 0.1) is 27.3 Å². The van der Waals surface area contributed by atoms with Gasteiger partial charge in [-0.2, -0.15) is 0 Å². The molecule has 0 spiro atoms. The molecule has 0 radical (unpaired) electrons.